The van der Waals surface area contributed by atoms with Gasteiger partial charge in [0.2, 0.25) is 0 Å². The number of halogens is 1. The van der Waals surface area contributed by atoms with E-state index >= 15 is 0 Å². The molecule has 0 aliphatic rings. The van der Waals surface area contributed by atoms with Crippen molar-refractivity contribution in [2.45, 2.75) is 13.3 Å². The lowest BCUT2D eigenvalue weighted by atomic mass is 10.1. The number of carbonyl (C=O) groups excluding carboxylic acids is 1. The molecule has 0 unspecified atom stereocenters. The molecule has 0 saturated carbocycles. The zero-order valence-corrected chi connectivity index (χ0v) is 10.8. The molecule has 0 spiro atoms. The average molecular weight is 280 g/mol. The second-order valence-electron chi connectivity index (χ2n) is 4.07. The molecule has 1 aromatic carbocycles. The van der Waals surface area contributed by atoms with Crippen molar-refractivity contribution in [1.82, 2.24) is 0 Å². The summed E-state index contributed by atoms with van der Waals surface area (Å²) in [5.41, 5.74) is 0.370. The van der Waals surface area contributed by atoms with Crippen LogP contribution in [0.25, 0.3) is 11.3 Å². The van der Waals surface area contributed by atoms with Gasteiger partial charge < -0.3 is 4.42 Å². The fourth-order valence-electron chi connectivity index (χ4n) is 1.68. The second kappa shape index (κ2) is 5.24. The predicted octanol–water partition coefficient (Wildman–Crippen LogP) is 3.64. The molecule has 2 aromatic rings. The monoisotopic (exact) mass is 279 g/mol. The van der Waals surface area contributed by atoms with Crippen LogP contribution in [0.4, 0.5) is 5.69 Å². The molecule has 0 aliphatic heterocycles. The Hall–Kier alpha value is -2.14. The van der Waals surface area contributed by atoms with Gasteiger partial charge >= 0.3 is 0 Å². The summed E-state index contributed by atoms with van der Waals surface area (Å²) in [4.78, 5) is 21.2. The fourth-order valence-corrected chi connectivity index (χ4v) is 1.89. The summed E-state index contributed by atoms with van der Waals surface area (Å²) in [5.74, 6) is 0.890. The summed E-state index contributed by atoms with van der Waals surface area (Å²) >= 11 is 6.00. The van der Waals surface area contributed by atoms with Crippen molar-refractivity contribution in [1.29, 1.82) is 0 Å². The standard InChI is InChI=1S/C13H10ClNO4/c1-8(16)6-10-3-5-13(19-10)11-7-9(15(17)18)2-4-12(11)14/h2-5,7H,6H2,1H3. The van der Waals surface area contributed by atoms with Gasteiger partial charge in [-0.2, -0.15) is 0 Å². The fraction of sp³-hybridized carbons (Fsp3) is 0.154. The molecule has 19 heavy (non-hydrogen) atoms. The summed E-state index contributed by atoms with van der Waals surface area (Å²) in [6.07, 6.45) is 0.187. The van der Waals surface area contributed by atoms with Gasteiger partial charge in [-0.1, -0.05) is 11.6 Å². The summed E-state index contributed by atoms with van der Waals surface area (Å²) in [6.45, 7) is 1.46. The van der Waals surface area contributed by atoms with Crippen LogP contribution in [0.2, 0.25) is 5.02 Å². The number of furan rings is 1. The maximum absolute atomic E-state index is 11.0. The summed E-state index contributed by atoms with van der Waals surface area (Å²) in [6, 6.07) is 7.42. The van der Waals surface area contributed by atoms with Crippen LogP contribution >= 0.6 is 11.6 Å². The normalized spacial score (nSPS) is 10.4. The number of hydrogen-bond acceptors (Lipinski definition) is 4. The Bertz CT molecular complexity index is 648. The molecule has 0 aliphatic carbocycles. The maximum Gasteiger partial charge on any atom is 0.270 e. The highest BCUT2D eigenvalue weighted by Gasteiger charge is 2.14. The van der Waals surface area contributed by atoms with Gasteiger partial charge in [0.15, 0.2) is 0 Å². The zero-order chi connectivity index (χ0) is 14.0. The third-order valence-corrected chi connectivity index (χ3v) is 2.84. The topological polar surface area (TPSA) is 73.3 Å². The van der Waals surface area contributed by atoms with Crippen molar-refractivity contribution in [3.05, 3.63) is 51.2 Å². The number of benzene rings is 1. The number of non-ortho nitro benzene ring substituents is 1. The highest BCUT2D eigenvalue weighted by molar-refractivity contribution is 6.33. The van der Waals surface area contributed by atoms with E-state index in [1.165, 1.54) is 25.1 Å². The van der Waals surface area contributed by atoms with E-state index < -0.39 is 4.92 Å². The molecule has 0 saturated heterocycles. The van der Waals surface area contributed by atoms with Gasteiger partial charge in [0, 0.05) is 17.7 Å². The summed E-state index contributed by atoms with van der Waals surface area (Å²) < 4.78 is 5.47. The number of ketones is 1. The van der Waals surface area contributed by atoms with Crippen molar-refractivity contribution >= 4 is 23.1 Å². The van der Waals surface area contributed by atoms with Crippen LogP contribution in [0.15, 0.2) is 34.7 Å². The van der Waals surface area contributed by atoms with Gasteiger partial charge in [0.05, 0.1) is 16.4 Å². The van der Waals surface area contributed by atoms with E-state index in [9.17, 15) is 14.9 Å². The van der Waals surface area contributed by atoms with E-state index in [0.717, 1.165) is 0 Å². The molecule has 2 rings (SSSR count). The van der Waals surface area contributed by atoms with Crippen LogP contribution in [0.3, 0.4) is 0 Å². The first-order valence-corrected chi connectivity index (χ1v) is 5.87. The number of carbonyl (C=O) groups is 1. The lowest BCUT2D eigenvalue weighted by Gasteiger charge is -2.01. The Labute approximate surface area is 113 Å². The molecule has 5 nitrogen and oxygen atoms in total. The SMILES string of the molecule is CC(=O)Cc1ccc(-c2cc([N+](=O)[O-])ccc2Cl)o1. The smallest absolute Gasteiger partial charge is 0.270 e. The molecule has 98 valence electrons. The summed E-state index contributed by atoms with van der Waals surface area (Å²) in [7, 11) is 0. The first-order valence-electron chi connectivity index (χ1n) is 5.50. The van der Waals surface area contributed by atoms with Crippen molar-refractivity contribution in [3.63, 3.8) is 0 Å². The molecule has 0 fully saturated rings. The van der Waals surface area contributed by atoms with Gasteiger partial charge in [-0.15, -0.1) is 0 Å². The van der Waals surface area contributed by atoms with E-state index in [1.807, 2.05) is 0 Å². The molecule has 1 heterocycles. The lowest BCUT2D eigenvalue weighted by molar-refractivity contribution is -0.384. The van der Waals surface area contributed by atoms with Crippen molar-refractivity contribution in [3.8, 4) is 11.3 Å². The molecule has 0 bridgehead atoms. The van der Waals surface area contributed by atoms with E-state index in [2.05, 4.69) is 0 Å². The van der Waals surface area contributed by atoms with Gasteiger partial charge in [-0.25, -0.2) is 0 Å². The number of nitro benzene ring substituents is 1. The molecule has 1 aromatic heterocycles. The van der Waals surface area contributed by atoms with Crippen LogP contribution in [0, 0.1) is 10.1 Å². The van der Waals surface area contributed by atoms with Crippen LogP contribution in [-0.2, 0) is 11.2 Å². The molecule has 6 heteroatoms. The minimum absolute atomic E-state index is 0.0222. The third kappa shape index (κ3) is 3.00. The van der Waals surface area contributed by atoms with Gasteiger partial charge in [-0.3, -0.25) is 14.9 Å². The van der Waals surface area contributed by atoms with E-state index in [4.69, 9.17) is 16.0 Å². The maximum atomic E-state index is 11.0. The second-order valence-corrected chi connectivity index (χ2v) is 4.47. The molecular formula is C13H10ClNO4. The third-order valence-electron chi connectivity index (χ3n) is 2.51. The quantitative estimate of drug-likeness (QED) is 0.632. The Morgan fingerprint density at radius 1 is 1.37 bits per heavy atom. The highest BCUT2D eigenvalue weighted by Crippen LogP contribution is 2.32. The Kier molecular flexibility index (Phi) is 3.66. The molecule has 0 atom stereocenters. The highest BCUT2D eigenvalue weighted by atomic mass is 35.5. The number of hydrogen-bond donors (Lipinski definition) is 0. The van der Waals surface area contributed by atoms with E-state index in [1.54, 1.807) is 12.1 Å². The minimum atomic E-state index is -0.501. The Morgan fingerprint density at radius 3 is 2.74 bits per heavy atom. The molecule has 0 amide bonds. The number of nitrogens with zero attached hydrogens (tertiary/aromatic N) is 1. The minimum Gasteiger partial charge on any atom is -0.461 e. The van der Waals surface area contributed by atoms with Gasteiger partial charge in [0.25, 0.3) is 5.69 Å². The van der Waals surface area contributed by atoms with Crippen LogP contribution in [0.1, 0.15) is 12.7 Å². The Balaban J connectivity index is 2.40. The van der Waals surface area contributed by atoms with Crippen LogP contribution in [0.5, 0.6) is 0 Å². The largest absolute Gasteiger partial charge is 0.461 e. The first kappa shape index (κ1) is 13.3. The predicted molar refractivity (Wildman–Crippen MR) is 70.2 cm³/mol. The molecular weight excluding hydrogens is 270 g/mol. The van der Waals surface area contributed by atoms with Crippen LogP contribution < -0.4 is 0 Å². The van der Waals surface area contributed by atoms with Gasteiger partial charge in [-0.05, 0) is 25.1 Å². The summed E-state index contributed by atoms with van der Waals surface area (Å²) in [5, 5.41) is 11.1. The van der Waals surface area contributed by atoms with Crippen molar-refractivity contribution < 1.29 is 14.1 Å². The average Bonchev–Trinajstić information content (AvgIpc) is 2.76. The van der Waals surface area contributed by atoms with E-state index in [0.29, 0.717) is 22.1 Å². The molecule has 0 N–H and O–H groups in total. The van der Waals surface area contributed by atoms with Gasteiger partial charge in [0.1, 0.15) is 17.3 Å². The van der Waals surface area contributed by atoms with Crippen molar-refractivity contribution in [2.75, 3.05) is 0 Å². The number of Topliss-reactive ketones (excluding diaryl/α,β-unsaturated/α-hetero) is 1. The Morgan fingerprint density at radius 2 is 2.11 bits per heavy atom. The van der Waals surface area contributed by atoms with Crippen molar-refractivity contribution in [2.24, 2.45) is 0 Å². The number of nitro groups is 1. The molecule has 0 radical (unpaired) electrons. The van der Waals surface area contributed by atoms with E-state index in [-0.39, 0.29) is 17.9 Å². The number of rotatable bonds is 4. The lowest BCUT2D eigenvalue weighted by Crippen LogP contribution is -1.93. The zero-order valence-electron chi connectivity index (χ0n) is 10.1. The first-order chi connectivity index (χ1) is 8.97. The van der Waals surface area contributed by atoms with Crippen LogP contribution in [-0.4, -0.2) is 10.7 Å².